The zero-order valence-corrected chi connectivity index (χ0v) is 34.0. The minimum atomic E-state index is -0.716. The molecule has 0 amide bonds. The third-order valence-corrected chi connectivity index (χ3v) is 11.0. The van der Waals surface area contributed by atoms with Gasteiger partial charge in [-0.1, -0.05) is 36.4 Å². The summed E-state index contributed by atoms with van der Waals surface area (Å²) in [5, 5.41) is 44.1. The highest BCUT2D eigenvalue weighted by Gasteiger charge is 2.22. The van der Waals surface area contributed by atoms with Gasteiger partial charge in [0.25, 0.3) is 6.47 Å². The van der Waals surface area contributed by atoms with E-state index in [0.29, 0.717) is 101 Å². The second kappa shape index (κ2) is 16.5. The van der Waals surface area contributed by atoms with E-state index in [9.17, 15) is 34.8 Å². The van der Waals surface area contributed by atoms with Gasteiger partial charge >= 0.3 is 11.9 Å². The quantitative estimate of drug-likeness (QED) is 0.0455. The molecule has 5 heterocycles. The highest BCUT2D eigenvalue weighted by molar-refractivity contribution is 6.01. The number of carbonyl (C=O) groups is 3. The Balaban J connectivity index is 1.43. The molecule has 316 valence electrons. The molecule has 8 bridgehead atoms. The molecule has 0 spiro atoms. The van der Waals surface area contributed by atoms with E-state index in [2.05, 4.69) is 9.97 Å². The predicted molar refractivity (Wildman–Crippen MR) is 241 cm³/mol. The van der Waals surface area contributed by atoms with Crippen LogP contribution in [-0.2, 0) is 25.6 Å². The van der Waals surface area contributed by atoms with Crippen molar-refractivity contribution < 1.29 is 49.0 Å². The smallest absolute Gasteiger partial charge is 0.341 e. The van der Waals surface area contributed by atoms with Crippen LogP contribution in [-0.4, -0.2) is 73.0 Å². The normalized spacial score (nSPS) is 11.7. The van der Waals surface area contributed by atoms with Crippen molar-refractivity contribution in [1.29, 1.82) is 0 Å². The Bertz CT molecular complexity index is 3330. The summed E-state index contributed by atoms with van der Waals surface area (Å²) < 4.78 is 14.7. The van der Waals surface area contributed by atoms with Crippen molar-refractivity contribution in [3.63, 3.8) is 0 Å². The molecular formula is C50H36N4O10. The number of hydrogen-bond acceptors (Lipinski definition) is 12. The van der Waals surface area contributed by atoms with Crippen LogP contribution in [0.15, 0.2) is 103 Å². The Morgan fingerprint density at radius 1 is 0.531 bits per heavy atom. The second-order valence-corrected chi connectivity index (χ2v) is 14.8. The van der Waals surface area contributed by atoms with Crippen LogP contribution in [0.25, 0.3) is 90.9 Å². The van der Waals surface area contributed by atoms with Gasteiger partial charge in [-0.25, -0.2) is 19.6 Å². The largest absolute Gasteiger partial charge is 0.508 e. The monoisotopic (exact) mass is 852 g/mol. The van der Waals surface area contributed by atoms with Crippen molar-refractivity contribution in [3.8, 4) is 67.5 Å². The van der Waals surface area contributed by atoms with Crippen LogP contribution >= 0.6 is 0 Å². The summed E-state index contributed by atoms with van der Waals surface area (Å²) in [6, 6.07) is 28.4. The molecule has 4 aromatic carbocycles. The van der Waals surface area contributed by atoms with Crippen LogP contribution < -0.4 is 0 Å². The minimum Gasteiger partial charge on any atom is -0.508 e. The number of nitrogens with zero attached hydrogens (tertiary/aromatic N) is 2. The SMILES string of the molecule is COC(=O)c1ccc(-c2c3nc(c(-c4ccc(C(=O)OC)c(O)c4)c4ccc([nH]4)c(-c4ccc(COC=O)c(O)c4)c4nc(c(-c5cccc(O)c5)c5ccc2[nH]5)C=C4)C=C3)cc1O. The molecule has 0 saturated heterocycles. The molecule has 3 aromatic heterocycles. The molecule has 14 heteroatoms. The average molecular weight is 853 g/mol. The Morgan fingerprint density at radius 2 is 0.938 bits per heavy atom. The topological polar surface area (TPSA) is 217 Å². The van der Waals surface area contributed by atoms with Gasteiger partial charge in [-0.3, -0.25) is 4.79 Å². The molecule has 0 saturated carbocycles. The van der Waals surface area contributed by atoms with Gasteiger partial charge in [-0.15, -0.1) is 0 Å². The van der Waals surface area contributed by atoms with Gasteiger partial charge < -0.3 is 44.6 Å². The van der Waals surface area contributed by atoms with Crippen molar-refractivity contribution in [3.05, 3.63) is 143 Å². The number of aromatic nitrogens is 4. The van der Waals surface area contributed by atoms with Gasteiger partial charge in [0.05, 0.1) is 37.0 Å². The number of esters is 2. The number of aromatic amines is 2. The van der Waals surface area contributed by atoms with Crippen molar-refractivity contribution in [2.24, 2.45) is 0 Å². The molecule has 0 atom stereocenters. The summed E-state index contributed by atoms with van der Waals surface area (Å²) in [7, 11) is 2.45. The van der Waals surface area contributed by atoms with E-state index >= 15 is 0 Å². The summed E-state index contributed by atoms with van der Waals surface area (Å²) in [5.74, 6) is -2.11. The van der Waals surface area contributed by atoms with Crippen molar-refractivity contribution in [2.75, 3.05) is 14.2 Å². The lowest BCUT2D eigenvalue weighted by molar-refractivity contribution is -0.129. The summed E-state index contributed by atoms with van der Waals surface area (Å²) in [6.07, 6.45) is 7.31. The maximum atomic E-state index is 12.5. The number of H-pyrrole nitrogens is 2. The summed E-state index contributed by atoms with van der Waals surface area (Å²) in [4.78, 5) is 53.5. The molecule has 9 rings (SSSR count). The van der Waals surface area contributed by atoms with E-state index < -0.39 is 11.9 Å². The third-order valence-electron chi connectivity index (χ3n) is 11.0. The fourth-order valence-corrected chi connectivity index (χ4v) is 7.99. The number of phenols is 4. The first-order chi connectivity index (χ1) is 31.0. The molecule has 0 aliphatic carbocycles. The predicted octanol–water partition coefficient (Wildman–Crippen LogP) is 9.39. The number of ether oxygens (including phenoxy) is 3. The average Bonchev–Trinajstić information content (AvgIpc) is 4.14. The number of aromatic hydroxyl groups is 4. The van der Waals surface area contributed by atoms with Crippen molar-refractivity contribution >= 4 is 64.8 Å². The van der Waals surface area contributed by atoms with E-state index in [0.717, 1.165) is 0 Å². The summed E-state index contributed by atoms with van der Waals surface area (Å²) in [5.41, 5.74) is 9.18. The van der Waals surface area contributed by atoms with Crippen LogP contribution in [0, 0.1) is 0 Å². The maximum Gasteiger partial charge on any atom is 0.341 e. The van der Waals surface area contributed by atoms with Crippen LogP contribution in [0.4, 0.5) is 0 Å². The maximum absolute atomic E-state index is 12.5. The number of phenolic OH excluding ortho intramolecular Hbond substituents is 4. The highest BCUT2D eigenvalue weighted by atomic mass is 16.5. The molecule has 6 N–H and O–H groups in total. The van der Waals surface area contributed by atoms with Crippen LogP contribution in [0.1, 0.15) is 49.1 Å². The number of carbonyl (C=O) groups excluding carboxylic acids is 3. The van der Waals surface area contributed by atoms with Gasteiger partial charge in [-0.2, -0.15) is 0 Å². The molecule has 0 fully saturated rings. The van der Waals surface area contributed by atoms with Crippen LogP contribution in [0.5, 0.6) is 23.0 Å². The lowest BCUT2D eigenvalue weighted by atomic mass is 10.0. The minimum absolute atomic E-state index is 0.0244. The number of nitrogens with one attached hydrogen (secondary N) is 2. The first-order valence-corrected chi connectivity index (χ1v) is 19.7. The van der Waals surface area contributed by atoms with Crippen LogP contribution in [0.2, 0.25) is 0 Å². The number of hydrogen-bond donors (Lipinski definition) is 6. The van der Waals surface area contributed by atoms with Gasteiger partial charge in [0.1, 0.15) is 40.7 Å². The van der Waals surface area contributed by atoms with E-state index in [-0.39, 0.29) is 40.7 Å². The fraction of sp³-hybridized carbons (Fsp3) is 0.0600. The molecule has 2 aliphatic rings. The van der Waals surface area contributed by atoms with Gasteiger partial charge in [0.15, 0.2) is 0 Å². The molecule has 14 nitrogen and oxygen atoms in total. The van der Waals surface area contributed by atoms with Gasteiger partial charge in [0.2, 0.25) is 0 Å². The Morgan fingerprint density at radius 3 is 1.31 bits per heavy atom. The molecule has 2 aliphatic heterocycles. The lowest BCUT2D eigenvalue weighted by Crippen LogP contribution is -2.01. The molecule has 64 heavy (non-hydrogen) atoms. The zero-order chi connectivity index (χ0) is 44.6. The highest BCUT2D eigenvalue weighted by Crippen LogP contribution is 2.41. The van der Waals surface area contributed by atoms with Crippen molar-refractivity contribution in [1.82, 2.24) is 19.9 Å². The first-order valence-electron chi connectivity index (χ1n) is 19.7. The Labute approximate surface area is 363 Å². The van der Waals surface area contributed by atoms with Gasteiger partial charge in [-0.05, 0) is 113 Å². The Hall–Kier alpha value is -8.91. The molecular weight excluding hydrogens is 817 g/mol. The lowest BCUT2D eigenvalue weighted by Gasteiger charge is -2.10. The van der Waals surface area contributed by atoms with E-state index in [1.807, 2.05) is 48.6 Å². The first kappa shape index (κ1) is 40.5. The molecule has 0 unspecified atom stereocenters. The third kappa shape index (κ3) is 7.34. The van der Waals surface area contributed by atoms with Crippen LogP contribution in [0.3, 0.4) is 0 Å². The summed E-state index contributed by atoms with van der Waals surface area (Å²) in [6.45, 7) is 0.173. The number of rotatable bonds is 9. The fourth-order valence-electron chi connectivity index (χ4n) is 7.99. The standard InChI is InChI=1S/C50H36N4O10/c1-62-49(60)32-10-8-28(22-43(32)58)47-38-15-13-35(52-38)45(26-4-3-5-31(56)20-26)34-12-14-36(51-34)46(27-6-7-30(24-64-25-55)42(57)21-27)37-16-17-39(53-37)48(41-19-18-40(47)54-41)29-9-11-33(44(59)23-29)50(61)63-2/h3-23,25,52-53,56-59H,24H2,1-2H3. The zero-order valence-electron chi connectivity index (χ0n) is 34.0. The number of benzene rings is 4. The summed E-state index contributed by atoms with van der Waals surface area (Å²) >= 11 is 0. The molecule has 0 radical (unpaired) electrons. The van der Waals surface area contributed by atoms with Crippen molar-refractivity contribution in [2.45, 2.75) is 6.61 Å². The number of fused-ring (bicyclic) bond motifs is 8. The van der Waals surface area contributed by atoms with E-state index in [4.69, 9.17) is 24.2 Å². The van der Waals surface area contributed by atoms with E-state index in [1.165, 1.54) is 38.5 Å². The molecule has 7 aromatic rings. The Kier molecular flexibility index (Phi) is 10.4. The van der Waals surface area contributed by atoms with E-state index in [1.54, 1.807) is 54.6 Å². The second-order valence-electron chi connectivity index (χ2n) is 14.8. The van der Waals surface area contributed by atoms with Gasteiger partial charge in [0, 0.05) is 49.9 Å². The number of methoxy groups -OCH3 is 2.